The monoisotopic (exact) mass is 253 g/mol. The number of carbonyl (C=O) groups excluding carboxylic acids is 2. The van der Waals surface area contributed by atoms with Crippen molar-refractivity contribution >= 4 is 23.4 Å². The van der Waals surface area contributed by atoms with Crippen LogP contribution in [0, 0.1) is 5.92 Å². The Bertz CT molecular complexity index is 464. The van der Waals surface area contributed by atoms with Crippen molar-refractivity contribution in [1.82, 2.24) is 9.88 Å². The Kier molecular flexibility index (Phi) is 3.28. The van der Waals surface area contributed by atoms with Crippen LogP contribution in [-0.4, -0.2) is 34.8 Å². The van der Waals surface area contributed by atoms with Gasteiger partial charge in [0.05, 0.1) is 16.5 Å². The summed E-state index contributed by atoms with van der Waals surface area (Å²) in [6.07, 6.45) is 3.57. The van der Waals surface area contributed by atoms with Crippen LogP contribution in [0.4, 0.5) is 0 Å². The topological polar surface area (TPSA) is 76.3 Å². The number of primary amides is 1. The van der Waals surface area contributed by atoms with Gasteiger partial charge < -0.3 is 10.6 Å². The van der Waals surface area contributed by atoms with Crippen LogP contribution in [0.15, 0.2) is 18.5 Å². The predicted octanol–water partition coefficient (Wildman–Crippen LogP) is 0.682. The Morgan fingerprint density at radius 3 is 2.88 bits per heavy atom. The number of hydrogen-bond donors (Lipinski definition) is 1. The maximum atomic E-state index is 12.1. The summed E-state index contributed by atoms with van der Waals surface area (Å²) >= 11 is 5.92. The van der Waals surface area contributed by atoms with Gasteiger partial charge in [-0.3, -0.25) is 14.6 Å². The van der Waals surface area contributed by atoms with Crippen LogP contribution in [0.5, 0.6) is 0 Å². The molecular weight excluding hydrogens is 242 g/mol. The normalized spacial score (nSPS) is 19.4. The standard InChI is InChI=1S/C11H12ClN3O2/c12-9-1-3-14-5-8(9)11(17)15-4-2-7(6-15)10(13)16/h1,3,5,7H,2,4,6H2,(H2,13,16). The van der Waals surface area contributed by atoms with Gasteiger partial charge in [0, 0.05) is 25.5 Å². The summed E-state index contributed by atoms with van der Waals surface area (Å²) in [6, 6.07) is 1.57. The molecule has 2 amide bonds. The molecule has 0 aromatic carbocycles. The van der Waals surface area contributed by atoms with E-state index in [1.54, 1.807) is 11.0 Å². The van der Waals surface area contributed by atoms with Gasteiger partial charge in [0.2, 0.25) is 5.91 Å². The van der Waals surface area contributed by atoms with E-state index in [-0.39, 0.29) is 17.7 Å². The summed E-state index contributed by atoms with van der Waals surface area (Å²) in [5.41, 5.74) is 5.57. The second-order valence-corrected chi connectivity index (χ2v) is 4.40. The van der Waals surface area contributed by atoms with Gasteiger partial charge in [0.25, 0.3) is 5.91 Å². The zero-order valence-electron chi connectivity index (χ0n) is 9.10. The fourth-order valence-corrected chi connectivity index (χ4v) is 2.07. The quantitative estimate of drug-likeness (QED) is 0.842. The number of aromatic nitrogens is 1. The molecule has 2 N–H and O–H groups in total. The van der Waals surface area contributed by atoms with Crippen LogP contribution in [0.25, 0.3) is 0 Å². The van der Waals surface area contributed by atoms with E-state index in [1.807, 2.05) is 0 Å². The lowest BCUT2D eigenvalue weighted by molar-refractivity contribution is -0.121. The molecule has 0 radical (unpaired) electrons. The Labute approximate surface area is 104 Å². The fourth-order valence-electron chi connectivity index (χ4n) is 1.88. The van der Waals surface area contributed by atoms with Crippen LogP contribution in [0.2, 0.25) is 5.02 Å². The number of rotatable bonds is 2. The molecule has 1 aromatic rings. The minimum atomic E-state index is -0.363. The summed E-state index contributed by atoms with van der Waals surface area (Å²) in [5.74, 6) is -0.821. The largest absolute Gasteiger partial charge is 0.369 e. The lowest BCUT2D eigenvalue weighted by Gasteiger charge is -2.16. The molecule has 5 nitrogen and oxygen atoms in total. The summed E-state index contributed by atoms with van der Waals surface area (Å²) in [5, 5.41) is 0.368. The third-order valence-electron chi connectivity index (χ3n) is 2.88. The predicted molar refractivity (Wildman–Crippen MR) is 62.5 cm³/mol. The third kappa shape index (κ3) is 2.39. The summed E-state index contributed by atoms with van der Waals surface area (Å²) in [6.45, 7) is 0.886. The molecule has 0 aliphatic carbocycles. The first-order valence-electron chi connectivity index (χ1n) is 5.27. The van der Waals surface area contributed by atoms with Crippen molar-refractivity contribution < 1.29 is 9.59 Å². The molecule has 0 bridgehead atoms. The summed E-state index contributed by atoms with van der Waals surface area (Å²) < 4.78 is 0. The molecule has 1 aliphatic heterocycles. The van der Waals surface area contributed by atoms with Crippen molar-refractivity contribution in [2.45, 2.75) is 6.42 Å². The van der Waals surface area contributed by atoms with Gasteiger partial charge in [-0.1, -0.05) is 11.6 Å². The third-order valence-corrected chi connectivity index (χ3v) is 3.21. The van der Waals surface area contributed by atoms with Crippen molar-refractivity contribution in [3.63, 3.8) is 0 Å². The second kappa shape index (κ2) is 4.71. The molecule has 0 saturated carbocycles. The Morgan fingerprint density at radius 1 is 1.53 bits per heavy atom. The Balaban J connectivity index is 2.13. The zero-order chi connectivity index (χ0) is 12.4. The lowest BCUT2D eigenvalue weighted by Crippen LogP contribution is -2.31. The minimum absolute atomic E-state index is 0.202. The van der Waals surface area contributed by atoms with Crippen LogP contribution < -0.4 is 5.73 Å². The summed E-state index contributed by atoms with van der Waals surface area (Å²) in [4.78, 5) is 28.6. The molecule has 17 heavy (non-hydrogen) atoms. The van der Waals surface area contributed by atoms with Gasteiger partial charge in [-0.25, -0.2) is 0 Å². The van der Waals surface area contributed by atoms with Crippen molar-refractivity contribution in [3.05, 3.63) is 29.0 Å². The first kappa shape index (κ1) is 11.9. The maximum absolute atomic E-state index is 12.1. The number of halogens is 1. The van der Waals surface area contributed by atoms with E-state index in [2.05, 4.69) is 4.98 Å². The van der Waals surface area contributed by atoms with Crippen molar-refractivity contribution in [2.24, 2.45) is 11.7 Å². The molecule has 0 spiro atoms. The number of pyridine rings is 1. The maximum Gasteiger partial charge on any atom is 0.256 e. The van der Waals surface area contributed by atoms with Gasteiger partial charge in [0.15, 0.2) is 0 Å². The number of nitrogens with zero attached hydrogens (tertiary/aromatic N) is 2. The minimum Gasteiger partial charge on any atom is -0.369 e. The highest BCUT2D eigenvalue weighted by atomic mass is 35.5. The van der Waals surface area contributed by atoms with Gasteiger partial charge in [0.1, 0.15) is 0 Å². The molecule has 90 valence electrons. The van der Waals surface area contributed by atoms with E-state index in [0.717, 1.165) is 0 Å². The molecule has 1 aromatic heterocycles. The molecule has 2 heterocycles. The van der Waals surface area contributed by atoms with E-state index in [1.165, 1.54) is 12.4 Å². The molecule has 6 heteroatoms. The highest BCUT2D eigenvalue weighted by Crippen LogP contribution is 2.21. The van der Waals surface area contributed by atoms with Crippen LogP contribution in [0.3, 0.4) is 0 Å². The van der Waals surface area contributed by atoms with E-state index in [0.29, 0.717) is 30.1 Å². The van der Waals surface area contributed by atoms with Gasteiger partial charge in [-0.15, -0.1) is 0 Å². The van der Waals surface area contributed by atoms with Crippen molar-refractivity contribution in [1.29, 1.82) is 0 Å². The Hall–Kier alpha value is -1.62. The van der Waals surface area contributed by atoms with Gasteiger partial charge in [-0.05, 0) is 12.5 Å². The van der Waals surface area contributed by atoms with Crippen LogP contribution in [0.1, 0.15) is 16.8 Å². The molecule has 1 fully saturated rings. The van der Waals surface area contributed by atoms with E-state index >= 15 is 0 Å². The van der Waals surface area contributed by atoms with Gasteiger partial charge in [-0.2, -0.15) is 0 Å². The smallest absolute Gasteiger partial charge is 0.256 e. The van der Waals surface area contributed by atoms with Crippen molar-refractivity contribution in [3.8, 4) is 0 Å². The molecular formula is C11H12ClN3O2. The molecule has 2 rings (SSSR count). The van der Waals surface area contributed by atoms with Gasteiger partial charge >= 0.3 is 0 Å². The Morgan fingerprint density at radius 2 is 2.29 bits per heavy atom. The molecule has 1 saturated heterocycles. The number of hydrogen-bond acceptors (Lipinski definition) is 3. The molecule has 1 aliphatic rings. The average molecular weight is 254 g/mol. The summed E-state index contributed by atoms with van der Waals surface area (Å²) in [7, 11) is 0. The molecule has 1 atom stereocenters. The number of likely N-dealkylation sites (tertiary alicyclic amines) is 1. The first-order valence-corrected chi connectivity index (χ1v) is 5.65. The lowest BCUT2D eigenvalue weighted by atomic mass is 10.1. The first-order chi connectivity index (χ1) is 8.09. The average Bonchev–Trinajstić information content (AvgIpc) is 2.78. The highest BCUT2D eigenvalue weighted by molar-refractivity contribution is 6.33. The number of carbonyl (C=O) groups is 2. The fraction of sp³-hybridized carbons (Fsp3) is 0.364. The second-order valence-electron chi connectivity index (χ2n) is 3.99. The highest BCUT2D eigenvalue weighted by Gasteiger charge is 2.30. The number of amides is 2. The van der Waals surface area contributed by atoms with E-state index < -0.39 is 0 Å². The number of nitrogens with two attached hydrogens (primary N) is 1. The SMILES string of the molecule is NC(=O)C1CCN(C(=O)c2cnccc2Cl)C1. The van der Waals surface area contributed by atoms with Crippen LogP contribution in [-0.2, 0) is 4.79 Å². The molecule has 1 unspecified atom stereocenters. The van der Waals surface area contributed by atoms with Crippen LogP contribution >= 0.6 is 11.6 Å². The van der Waals surface area contributed by atoms with E-state index in [9.17, 15) is 9.59 Å². The van der Waals surface area contributed by atoms with E-state index in [4.69, 9.17) is 17.3 Å². The van der Waals surface area contributed by atoms with Crippen molar-refractivity contribution in [2.75, 3.05) is 13.1 Å². The zero-order valence-corrected chi connectivity index (χ0v) is 9.85.